The van der Waals surface area contributed by atoms with Crippen molar-refractivity contribution in [2.45, 2.75) is 26.0 Å². The summed E-state index contributed by atoms with van der Waals surface area (Å²) >= 11 is 0. The fraction of sp³-hybridized carbons (Fsp3) is 0.294. The Morgan fingerprint density at radius 2 is 1.48 bits per heavy atom. The van der Waals surface area contributed by atoms with Crippen LogP contribution in [0.25, 0.3) is 0 Å². The molecular formula is C17H19F2NO. The highest BCUT2D eigenvalue weighted by atomic mass is 19.1. The second-order valence-electron chi connectivity index (χ2n) is 5.16. The van der Waals surface area contributed by atoms with Crippen LogP contribution < -0.4 is 4.90 Å². The number of aliphatic hydroxyl groups excluding tert-OH is 1. The van der Waals surface area contributed by atoms with Crippen LogP contribution in [0.4, 0.5) is 14.5 Å². The maximum Gasteiger partial charge on any atom is 0.146 e. The summed E-state index contributed by atoms with van der Waals surface area (Å²) in [5, 5.41) is 9.82. The monoisotopic (exact) mass is 291 g/mol. The zero-order valence-electron chi connectivity index (χ0n) is 12.3. The summed E-state index contributed by atoms with van der Waals surface area (Å²) in [5.41, 5.74) is 1.27. The van der Waals surface area contributed by atoms with E-state index in [1.165, 1.54) is 12.1 Å². The van der Waals surface area contributed by atoms with Gasteiger partial charge in [-0.2, -0.15) is 0 Å². The summed E-state index contributed by atoms with van der Waals surface area (Å²) < 4.78 is 28.1. The van der Waals surface area contributed by atoms with E-state index in [1.54, 1.807) is 56.1 Å². The van der Waals surface area contributed by atoms with Gasteiger partial charge in [0, 0.05) is 18.2 Å². The van der Waals surface area contributed by atoms with Crippen LogP contribution in [0, 0.1) is 11.6 Å². The molecule has 0 amide bonds. The van der Waals surface area contributed by atoms with Crippen LogP contribution in [-0.2, 0) is 0 Å². The summed E-state index contributed by atoms with van der Waals surface area (Å²) in [6, 6.07) is 10.6. The summed E-state index contributed by atoms with van der Waals surface area (Å²) in [7, 11) is 1.70. The average molecular weight is 291 g/mol. The van der Waals surface area contributed by atoms with Crippen LogP contribution in [0.15, 0.2) is 42.5 Å². The molecule has 2 rings (SSSR count). The third kappa shape index (κ3) is 3.05. The van der Waals surface area contributed by atoms with Crippen LogP contribution >= 0.6 is 0 Å². The van der Waals surface area contributed by atoms with E-state index in [9.17, 15) is 13.9 Å². The van der Waals surface area contributed by atoms with Crippen LogP contribution in [0.2, 0.25) is 0 Å². The molecule has 0 fully saturated rings. The van der Waals surface area contributed by atoms with Crippen LogP contribution in [0.5, 0.6) is 0 Å². The normalized spacial score (nSPS) is 13.8. The number of anilines is 1. The molecule has 0 aliphatic carbocycles. The smallest absolute Gasteiger partial charge is 0.146 e. The predicted octanol–water partition coefficient (Wildman–Crippen LogP) is 4.22. The quantitative estimate of drug-likeness (QED) is 0.912. The van der Waals surface area contributed by atoms with E-state index in [-0.39, 0.29) is 11.9 Å². The molecule has 2 atom stereocenters. The highest BCUT2D eigenvalue weighted by Gasteiger charge is 2.22. The predicted molar refractivity (Wildman–Crippen MR) is 80.3 cm³/mol. The van der Waals surface area contributed by atoms with Gasteiger partial charge >= 0.3 is 0 Å². The molecule has 0 saturated heterocycles. The third-order valence-electron chi connectivity index (χ3n) is 3.76. The van der Waals surface area contributed by atoms with Gasteiger partial charge in [0.2, 0.25) is 0 Å². The number of halogens is 2. The SMILES string of the molecule is CC(O)c1cccc(F)c1N(C)C(C)c1ccccc1F. The van der Waals surface area contributed by atoms with Crippen molar-refractivity contribution < 1.29 is 13.9 Å². The van der Waals surface area contributed by atoms with Crippen LogP contribution in [0.3, 0.4) is 0 Å². The van der Waals surface area contributed by atoms with E-state index >= 15 is 0 Å². The molecule has 0 radical (unpaired) electrons. The number of hydrogen-bond acceptors (Lipinski definition) is 2. The first kappa shape index (κ1) is 15.4. The molecule has 21 heavy (non-hydrogen) atoms. The number of nitrogens with zero attached hydrogens (tertiary/aromatic N) is 1. The van der Waals surface area contributed by atoms with Crippen LogP contribution in [-0.4, -0.2) is 12.2 Å². The van der Waals surface area contributed by atoms with E-state index in [0.717, 1.165) is 0 Å². The molecule has 0 bridgehead atoms. The van der Waals surface area contributed by atoms with Gasteiger partial charge in [0.15, 0.2) is 0 Å². The lowest BCUT2D eigenvalue weighted by atomic mass is 10.0. The standard InChI is InChI=1S/C17H19F2NO/c1-11(13-7-4-5-9-15(13)18)20(3)17-14(12(2)21)8-6-10-16(17)19/h4-12,21H,1-3H3. The van der Waals surface area contributed by atoms with Gasteiger partial charge in [0.05, 0.1) is 17.8 Å². The number of aliphatic hydroxyl groups is 1. The van der Waals surface area contributed by atoms with E-state index in [4.69, 9.17) is 0 Å². The highest BCUT2D eigenvalue weighted by molar-refractivity contribution is 5.56. The first-order valence-electron chi connectivity index (χ1n) is 6.87. The topological polar surface area (TPSA) is 23.5 Å². The molecule has 0 aliphatic heterocycles. The summed E-state index contributed by atoms with van der Waals surface area (Å²) in [4.78, 5) is 1.65. The maximum atomic E-state index is 14.2. The molecule has 2 aromatic carbocycles. The Morgan fingerprint density at radius 3 is 2.10 bits per heavy atom. The second kappa shape index (κ2) is 6.22. The van der Waals surface area contributed by atoms with Crippen molar-refractivity contribution in [1.82, 2.24) is 0 Å². The lowest BCUT2D eigenvalue weighted by molar-refractivity contribution is 0.199. The molecular weight excluding hydrogens is 272 g/mol. The summed E-state index contributed by atoms with van der Waals surface area (Å²) in [6.45, 7) is 3.39. The Kier molecular flexibility index (Phi) is 4.58. The van der Waals surface area contributed by atoms with E-state index in [0.29, 0.717) is 16.8 Å². The average Bonchev–Trinajstić information content (AvgIpc) is 2.46. The van der Waals surface area contributed by atoms with Crippen molar-refractivity contribution in [3.63, 3.8) is 0 Å². The molecule has 2 unspecified atom stereocenters. The Morgan fingerprint density at radius 1 is 0.905 bits per heavy atom. The first-order chi connectivity index (χ1) is 9.93. The Hall–Kier alpha value is -1.94. The van der Waals surface area contributed by atoms with Gasteiger partial charge in [0.1, 0.15) is 11.6 Å². The number of para-hydroxylation sites is 1. The van der Waals surface area contributed by atoms with Crippen molar-refractivity contribution >= 4 is 5.69 Å². The van der Waals surface area contributed by atoms with Crippen LogP contribution in [0.1, 0.15) is 37.1 Å². The molecule has 2 aromatic rings. The maximum absolute atomic E-state index is 14.2. The largest absolute Gasteiger partial charge is 0.389 e. The number of rotatable bonds is 4. The van der Waals surface area contributed by atoms with Gasteiger partial charge in [-0.3, -0.25) is 0 Å². The zero-order chi connectivity index (χ0) is 15.6. The van der Waals surface area contributed by atoms with Gasteiger partial charge < -0.3 is 10.0 Å². The molecule has 0 spiro atoms. The molecule has 1 N–H and O–H groups in total. The lowest BCUT2D eigenvalue weighted by Crippen LogP contribution is -2.25. The van der Waals surface area contributed by atoms with Crippen molar-refractivity contribution in [3.05, 3.63) is 65.2 Å². The zero-order valence-corrected chi connectivity index (χ0v) is 12.3. The molecule has 0 aromatic heterocycles. The number of benzene rings is 2. The van der Waals surface area contributed by atoms with Gasteiger partial charge in [-0.1, -0.05) is 30.3 Å². The number of hydrogen-bond donors (Lipinski definition) is 1. The van der Waals surface area contributed by atoms with Crippen molar-refractivity contribution in [2.75, 3.05) is 11.9 Å². The van der Waals surface area contributed by atoms with E-state index in [2.05, 4.69) is 0 Å². The Bertz CT molecular complexity index is 628. The summed E-state index contributed by atoms with van der Waals surface area (Å²) in [5.74, 6) is -0.758. The summed E-state index contributed by atoms with van der Waals surface area (Å²) in [6.07, 6.45) is -0.800. The van der Waals surface area contributed by atoms with Gasteiger partial charge in [-0.05, 0) is 26.0 Å². The molecule has 0 aliphatic rings. The molecule has 2 nitrogen and oxygen atoms in total. The second-order valence-corrected chi connectivity index (χ2v) is 5.16. The van der Waals surface area contributed by atoms with Gasteiger partial charge in [-0.25, -0.2) is 8.78 Å². The van der Waals surface area contributed by atoms with Crippen molar-refractivity contribution in [2.24, 2.45) is 0 Å². The highest BCUT2D eigenvalue weighted by Crippen LogP contribution is 2.34. The third-order valence-corrected chi connectivity index (χ3v) is 3.76. The molecule has 4 heteroatoms. The van der Waals surface area contributed by atoms with E-state index in [1.807, 2.05) is 0 Å². The Balaban J connectivity index is 2.45. The van der Waals surface area contributed by atoms with Crippen molar-refractivity contribution in [1.29, 1.82) is 0 Å². The molecule has 112 valence electrons. The Labute approximate surface area is 123 Å². The minimum atomic E-state index is -0.800. The first-order valence-corrected chi connectivity index (χ1v) is 6.87. The minimum absolute atomic E-state index is 0.295. The van der Waals surface area contributed by atoms with Gasteiger partial charge in [-0.15, -0.1) is 0 Å². The van der Waals surface area contributed by atoms with Gasteiger partial charge in [0.25, 0.3) is 0 Å². The van der Waals surface area contributed by atoms with E-state index < -0.39 is 11.9 Å². The lowest BCUT2D eigenvalue weighted by Gasteiger charge is -2.30. The fourth-order valence-electron chi connectivity index (χ4n) is 2.46. The minimum Gasteiger partial charge on any atom is -0.389 e. The molecule has 0 heterocycles. The van der Waals surface area contributed by atoms with Crippen molar-refractivity contribution in [3.8, 4) is 0 Å². The fourth-order valence-corrected chi connectivity index (χ4v) is 2.46. The molecule has 0 saturated carbocycles.